The van der Waals surface area contributed by atoms with Crippen LogP contribution < -0.4 is 5.48 Å². The van der Waals surface area contributed by atoms with Crippen molar-refractivity contribution < 1.29 is 18.8 Å². The smallest absolute Gasteiger partial charge is 0.267 e. The van der Waals surface area contributed by atoms with Gasteiger partial charge in [-0.1, -0.05) is 25.1 Å². The van der Waals surface area contributed by atoms with E-state index in [1.165, 1.54) is 12.1 Å². The van der Waals surface area contributed by atoms with Crippen molar-refractivity contribution in [2.75, 3.05) is 19.6 Å². The Hall–Kier alpha value is -3.10. The molecule has 1 unspecified atom stereocenters. The summed E-state index contributed by atoms with van der Waals surface area (Å²) in [6.07, 6.45) is 4.65. The number of rotatable bonds is 5. The number of amides is 1. The van der Waals surface area contributed by atoms with Gasteiger partial charge in [0.25, 0.3) is 5.91 Å². The molecular weight excluding hydrogens is 402 g/mol. The van der Waals surface area contributed by atoms with E-state index in [-0.39, 0.29) is 11.6 Å². The molecule has 8 heteroatoms. The molecule has 0 radical (unpaired) electrons. The Bertz CT molecular complexity index is 1140. The normalized spacial score (nSPS) is 17.5. The Morgan fingerprint density at radius 1 is 1.32 bits per heavy atom. The maximum atomic E-state index is 14.6. The van der Waals surface area contributed by atoms with E-state index in [1.54, 1.807) is 17.6 Å². The highest BCUT2D eigenvalue weighted by Crippen LogP contribution is 2.34. The number of hydrogen-bond acceptors (Lipinski definition) is 4. The maximum absolute atomic E-state index is 14.6. The van der Waals surface area contributed by atoms with E-state index >= 15 is 0 Å². The molecule has 0 spiro atoms. The molecule has 1 saturated heterocycles. The van der Waals surface area contributed by atoms with Gasteiger partial charge < -0.3 is 9.47 Å². The van der Waals surface area contributed by atoms with Crippen LogP contribution in [0, 0.1) is 11.6 Å². The minimum atomic E-state index is -0.686. The summed E-state index contributed by atoms with van der Waals surface area (Å²) in [7, 11) is 0. The maximum Gasteiger partial charge on any atom is 0.267 e. The molecule has 1 aliphatic rings. The SMILES string of the molecule is CCN1CCCC(n2c(-c3cccc(C=CC(=O)NO)c3)nc3c(F)cc(F)cc32)C1. The quantitative estimate of drug-likeness (QED) is 0.365. The summed E-state index contributed by atoms with van der Waals surface area (Å²) >= 11 is 0. The van der Waals surface area contributed by atoms with Crippen molar-refractivity contribution in [3.8, 4) is 11.4 Å². The van der Waals surface area contributed by atoms with Gasteiger partial charge in [-0.05, 0) is 49.7 Å². The van der Waals surface area contributed by atoms with Crippen LogP contribution in [0.3, 0.4) is 0 Å². The molecule has 2 N–H and O–H groups in total. The van der Waals surface area contributed by atoms with Crippen molar-refractivity contribution in [3.05, 3.63) is 59.7 Å². The van der Waals surface area contributed by atoms with Gasteiger partial charge in [-0.2, -0.15) is 0 Å². The lowest BCUT2D eigenvalue weighted by molar-refractivity contribution is -0.124. The third-order valence-electron chi connectivity index (χ3n) is 5.69. The van der Waals surface area contributed by atoms with Crippen LogP contribution in [0.15, 0.2) is 42.5 Å². The number of carbonyl (C=O) groups is 1. The molecule has 1 aliphatic heterocycles. The molecule has 1 aromatic heterocycles. The molecule has 1 fully saturated rings. The monoisotopic (exact) mass is 426 g/mol. The van der Waals surface area contributed by atoms with E-state index in [2.05, 4.69) is 16.8 Å². The van der Waals surface area contributed by atoms with Crippen LogP contribution in [0.25, 0.3) is 28.5 Å². The van der Waals surface area contributed by atoms with Gasteiger partial charge >= 0.3 is 0 Å². The second-order valence-corrected chi connectivity index (χ2v) is 7.68. The zero-order chi connectivity index (χ0) is 22.0. The molecule has 6 nitrogen and oxygen atoms in total. The fraction of sp³-hybridized carbons (Fsp3) is 0.304. The van der Waals surface area contributed by atoms with Crippen molar-refractivity contribution >= 4 is 23.0 Å². The highest BCUT2D eigenvalue weighted by molar-refractivity contribution is 5.91. The van der Waals surface area contributed by atoms with Crippen LogP contribution in [-0.2, 0) is 4.79 Å². The number of hydrogen-bond donors (Lipinski definition) is 2. The first-order valence-electron chi connectivity index (χ1n) is 10.3. The van der Waals surface area contributed by atoms with Crippen LogP contribution in [0.2, 0.25) is 0 Å². The highest BCUT2D eigenvalue weighted by atomic mass is 19.1. The number of hydroxylamine groups is 1. The average Bonchev–Trinajstić information content (AvgIpc) is 3.17. The van der Waals surface area contributed by atoms with Crippen LogP contribution in [0.5, 0.6) is 0 Å². The lowest BCUT2D eigenvalue weighted by Gasteiger charge is -2.33. The van der Waals surface area contributed by atoms with Crippen LogP contribution in [0.4, 0.5) is 8.78 Å². The Balaban J connectivity index is 1.85. The van der Waals surface area contributed by atoms with Gasteiger partial charge in [0.15, 0.2) is 5.82 Å². The van der Waals surface area contributed by atoms with Gasteiger partial charge in [-0.25, -0.2) is 19.2 Å². The topological polar surface area (TPSA) is 70.4 Å². The fourth-order valence-corrected chi connectivity index (χ4v) is 4.21. The number of likely N-dealkylation sites (tertiary alicyclic amines) is 1. The number of nitrogens with one attached hydrogen (secondary N) is 1. The summed E-state index contributed by atoms with van der Waals surface area (Å²) in [6.45, 7) is 4.80. The molecule has 0 aliphatic carbocycles. The Morgan fingerprint density at radius 2 is 2.16 bits per heavy atom. The summed E-state index contributed by atoms with van der Waals surface area (Å²) in [5.74, 6) is -1.40. The van der Waals surface area contributed by atoms with E-state index in [9.17, 15) is 13.6 Å². The van der Waals surface area contributed by atoms with E-state index in [1.807, 2.05) is 22.8 Å². The highest BCUT2D eigenvalue weighted by Gasteiger charge is 2.26. The lowest BCUT2D eigenvalue weighted by atomic mass is 10.0. The number of fused-ring (bicyclic) bond motifs is 1. The van der Waals surface area contributed by atoms with E-state index in [0.717, 1.165) is 44.1 Å². The number of benzene rings is 2. The van der Waals surface area contributed by atoms with Crippen molar-refractivity contribution in [3.63, 3.8) is 0 Å². The lowest BCUT2D eigenvalue weighted by Crippen LogP contribution is -2.36. The fourth-order valence-electron chi connectivity index (χ4n) is 4.21. The second kappa shape index (κ2) is 8.95. The number of nitrogens with zero attached hydrogens (tertiary/aromatic N) is 3. The third-order valence-corrected chi connectivity index (χ3v) is 5.69. The van der Waals surface area contributed by atoms with Gasteiger partial charge in [0, 0.05) is 30.3 Å². The summed E-state index contributed by atoms with van der Waals surface area (Å²) in [4.78, 5) is 18.2. The first-order valence-corrected chi connectivity index (χ1v) is 10.3. The van der Waals surface area contributed by atoms with Crippen molar-refractivity contribution in [1.82, 2.24) is 19.9 Å². The van der Waals surface area contributed by atoms with Gasteiger partial charge in [-0.15, -0.1) is 0 Å². The van der Waals surface area contributed by atoms with Gasteiger partial charge in [0.05, 0.1) is 5.52 Å². The molecule has 1 atom stereocenters. The van der Waals surface area contributed by atoms with Gasteiger partial charge in [-0.3, -0.25) is 10.0 Å². The Morgan fingerprint density at radius 3 is 2.94 bits per heavy atom. The zero-order valence-corrected chi connectivity index (χ0v) is 17.2. The molecule has 2 heterocycles. The summed E-state index contributed by atoms with van der Waals surface area (Å²) in [5, 5.41) is 8.66. The van der Waals surface area contributed by atoms with Gasteiger partial charge in [0.1, 0.15) is 17.2 Å². The Kier molecular flexibility index (Phi) is 6.11. The molecule has 4 rings (SSSR count). The first-order chi connectivity index (χ1) is 15.0. The predicted molar refractivity (Wildman–Crippen MR) is 114 cm³/mol. The van der Waals surface area contributed by atoms with Crippen molar-refractivity contribution in [2.24, 2.45) is 0 Å². The van der Waals surface area contributed by atoms with Crippen molar-refractivity contribution in [2.45, 2.75) is 25.8 Å². The van der Waals surface area contributed by atoms with Gasteiger partial charge in [0.2, 0.25) is 0 Å². The molecule has 1 amide bonds. The molecule has 0 bridgehead atoms. The summed E-state index contributed by atoms with van der Waals surface area (Å²) < 4.78 is 30.7. The van der Waals surface area contributed by atoms with E-state index in [0.29, 0.717) is 16.9 Å². The summed E-state index contributed by atoms with van der Waals surface area (Å²) in [6, 6.07) is 9.53. The third kappa shape index (κ3) is 4.35. The Labute approximate surface area is 178 Å². The molecule has 0 saturated carbocycles. The summed E-state index contributed by atoms with van der Waals surface area (Å²) in [5.41, 5.74) is 3.58. The number of carbonyl (C=O) groups excluding carboxylic acids is 1. The van der Waals surface area contributed by atoms with E-state index < -0.39 is 17.5 Å². The minimum Gasteiger partial charge on any atom is -0.319 e. The number of aromatic nitrogens is 2. The van der Waals surface area contributed by atoms with Crippen LogP contribution in [-0.4, -0.2) is 45.2 Å². The number of likely N-dealkylation sites (N-methyl/N-ethyl adjacent to an activating group) is 1. The van der Waals surface area contributed by atoms with Crippen LogP contribution in [0.1, 0.15) is 31.4 Å². The molecule has 3 aromatic rings. The largest absolute Gasteiger partial charge is 0.319 e. The zero-order valence-electron chi connectivity index (χ0n) is 17.2. The standard InChI is InChI=1S/C23H24F2N4O2/c1-2-28-10-4-7-18(14-28)29-20-13-17(24)12-19(25)22(20)26-23(29)16-6-3-5-15(11-16)8-9-21(30)27-31/h3,5-6,8-9,11-13,18,31H,2,4,7,10,14H2,1H3,(H,27,30). The second-order valence-electron chi connectivity index (χ2n) is 7.68. The molecule has 162 valence electrons. The van der Waals surface area contributed by atoms with Crippen molar-refractivity contribution in [1.29, 1.82) is 0 Å². The van der Waals surface area contributed by atoms with E-state index in [4.69, 9.17) is 5.21 Å². The number of halogens is 2. The number of piperidine rings is 1. The number of imidazole rings is 1. The molecule has 2 aromatic carbocycles. The first kappa shape index (κ1) is 21.1. The molecular formula is C23H24F2N4O2. The van der Waals surface area contributed by atoms with Crippen LogP contribution >= 0.6 is 0 Å². The minimum absolute atomic E-state index is 0.0364. The average molecular weight is 426 g/mol. The predicted octanol–water partition coefficient (Wildman–Crippen LogP) is 4.16. The molecule has 31 heavy (non-hydrogen) atoms.